The van der Waals surface area contributed by atoms with Crippen LogP contribution in [0.3, 0.4) is 0 Å². The van der Waals surface area contributed by atoms with Crippen LogP contribution in [0.5, 0.6) is 5.75 Å². The quantitative estimate of drug-likeness (QED) is 0.636. The first kappa shape index (κ1) is 12.7. The molecule has 1 aromatic carbocycles. The number of likely N-dealkylation sites (tertiary alicyclic amines) is 1. The maximum atomic E-state index is 12.3. The minimum absolute atomic E-state index is 0.0959. The number of carbonyl (C=O) groups excluding carboxylic acids is 1. The Morgan fingerprint density at radius 1 is 1.56 bits per heavy atom. The van der Waals surface area contributed by atoms with E-state index in [1.807, 2.05) is 4.90 Å². The third kappa shape index (κ3) is 2.42. The van der Waals surface area contributed by atoms with E-state index in [9.17, 15) is 9.90 Å². The number of aromatic hydroxyl groups is 1. The topological polar surface area (TPSA) is 66.6 Å². The molecule has 0 aromatic heterocycles. The third-order valence-electron chi connectivity index (χ3n) is 3.57. The average molecular weight is 248 g/mol. The largest absolute Gasteiger partial charge is 0.505 e. The fourth-order valence-electron chi connectivity index (χ4n) is 2.57. The van der Waals surface area contributed by atoms with Crippen LogP contribution in [0.25, 0.3) is 0 Å². The maximum Gasteiger partial charge on any atom is 0.257 e. The van der Waals surface area contributed by atoms with Crippen LogP contribution in [-0.2, 0) is 0 Å². The second kappa shape index (κ2) is 5.29. The van der Waals surface area contributed by atoms with Crippen LogP contribution in [0.15, 0.2) is 18.2 Å². The van der Waals surface area contributed by atoms with Crippen LogP contribution < -0.4 is 5.73 Å². The Balaban J connectivity index is 2.11. The van der Waals surface area contributed by atoms with E-state index in [0.29, 0.717) is 11.5 Å². The van der Waals surface area contributed by atoms with Gasteiger partial charge in [-0.2, -0.15) is 0 Å². The monoisotopic (exact) mass is 248 g/mol. The molecule has 2 rings (SSSR count). The maximum absolute atomic E-state index is 12.3. The molecule has 1 saturated heterocycles. The van der Waals surface area contributed by atoms with Gasteiger partial charge >= 0.3 is 0 Å². The second-order valence-corrected chi connectivity index (χ2v) is 4.94. The highest BCUT2D eigenvalue weighted by Gasteiger charge is 2.27. The standard InChI is InChI=1S/C14H20N2O2/c1-2-4-10-7-8-16(9-10)14(18)11-5-3-6-12(15)13(11)17/h3,5-6,10,17H,2,4,7-9,15H2,1H3. The number of nitrogens with two attached hydrogens (primary N) is 1. The number of phenolic OH excluding ortho intramolecular Hbond substituents is 1. The molecule has 4 nitrogen and oxygen atoms in total. The highest BCUT2D eigenvalue weighted by molar-refractivity contribution is 5.98. The molecular formula is C14H20N2O2. The molecule has 3 N–H and O–H groups in total. The smallest absolute Gasteiger partial charge is 0.257 e. The summed E-state index contributed by atoms with van der Waals surface area (Å²) in [5, 5.41) is 9.83. The lowest BCUT2D eigenvalue weighted by molar-refractivity contribution is 0.0783. The molecule has 4 heteroatoms. The number of carbonyl (C=O) groups is 1. The molecule has 0 radical (unpaired) electrons. The summed E-state index contributed by atoms with van der Waals surface area (Å²) in [6.07, 6.45) is 3.37. The SMILES string of the molecule is CCCC1CCN(C(=O)c2cccc(N)c2O)C1. The predicted molar refractivity (Wildman–Crippen MR) is 71.4 cm³/mol. The summed E-state index contributed by atoms with van der Waals surface area (Å²) in [5.74, 6) is 0.391. The van der Waals surface area contributed by atoms with Crippen LogP contribution >= 0.6 is 0 Å². The van der Waals surface area contributed by atoms with Crippen molar-refractivity contribution in [2.45, 2.75) is 26.2 Å². The molecular weight excluding hydrogens is 228 g/mol. The van der Waals surface area contributed by atoms with Gasteiger partial charge in [-0.25, -0.2) is 0 Å². The molecule has 0 bridgehead atoms. The Hall–Kier alpha value is -1.71. The van der Waals surface area contributed by atoms with Crippen molar-refractivity contribution in [3.8, 4) is 5.75 Å². The zero-order valence-corrected chi connectivity index (χ0v) is 10.7. The lowest BCUT2D eigenvalue weighted by Gasteiger charge is -2.17. The van der Waals surface area contributed by atoms with E-state index in [0.717, 1.165) is 32.4 Å². The minimum Gasteiger partial charge on any atom is -0.505 e. The Kier molecular flexibility index (Phi) is 3.75. The summed E-state index contributed by atoms with van der Waals surface area (Å²) in [6.45, 7) is 3.73. The molecule has 18 heavy (non-hydrogen) atoms. The lowest BCUT2D eigenvalue weighted by Crippen LogP contribution is -2.28. The van der Waals surface area contributed by atoms with E-state index in [-0.39, 0.29) is 17.3 Å². The molecule has 1 amide bonds. The number of anilines is 1. The summed E-state index contributed by atoms with van der Waals surface area (Å²) < 4.78 is 0. The molecule has 1 aromatic rings. The number of hydrogen-bond acceptors (Lipinski definition) is 3. The van der Waals surface area contributed by atoms with Gasteiger partial charge in [-0.3, -0.25) is 4.79 Å². The third-order valence-corrected chi connectivity index (χ3v) is 3.57. The number of nitrogen functional groups attached to an aromatic ring is 1. The van der Waals surface area contributed by atoms with Crippen LogP contribution in [0.2, 0.25) is 0 Å². The van der Waals surface area contributed by atoms with Crippen LogP contribution in [0, 0.1) is 5.92 Å². The summed E-state index contributed by atoms with van der Waals surface area (Å²) >= 11 is 0. The van der Waals surface area contributed by atoms with Crippen molar-refractivity contribution in [3.05, 3.63) is 23.8 Å². The number of benzene rings is 1. The van der Waals surface area contributed by atoms with E-state index < -0.39 is 0 Å². The van der Waals surface area contributed by atoms with Gasteiger partial charge in [-0.15, -0.1) is 0 Å². The minimum atomic E-state index is -0.113. The molecule has 0 aliphatic carbocycles. The van der Waals surface area contributed by atoms with Crippen molar-refractivity contribution in [1.82, 2.24) is 4.90 Å². The van der Waals surface area contributed by atoms with Gasteiger partial charge in [0.15, 0.2) is 5.75 Å². The predicted octanol–water partition coefficient (Wildman–Crippen LogP) is 2.24. The molecule has 98 valence electrons. The van der Waals surface area contributed by atoms with E-state index in [1.165, 1.54) is 0 Å². The van der Waals surface area contributed by atoms with Gasteiger partial charge in [0.2, 0.25) is 0 Å². The lowest BCUT2D eigenvalue weighted by atomic mass is 10.0. The number of nitrogens with zero attached hydrogens (tertiary/aromatic N) is 1. The summed E-state index contributed by atoms with van der Waals surface area (Å²) in [6, 6.07) is 4.92. The Labute approximate surface area is 107 Å². The molecule has 1 aliphatic rings. The van der Waals surface area contributed by atoms with E-state index in [2.05, 4.69) is 6.92 Å². The number of para-hydroxylation sites is 1. The van der Waals surface area contributed by atoms with E-state index in [4.69, 9.17) is 5.73 Å². The van der Waals surface area contributed by atoms with Gasteiger partial charge in [-0.05, 0) is 30.9 Å². The van der Waals surface area contributed by atoms with Crippen molar-refractivity contribution < 1.29 is 9.90 Å². The van der Waals surface area contributed by atoms with Crippen molar-refractivity contribution in [2.75, 3.05) is 18.8 Å². The number of rotatable bonds is 3. The fourth-order valence-corrected chi connectivity index (χ4v) is 2.57. The number of amides is 1. The molecule has 1 fully saturated rings. The molecule has 1 aliphatic heterocycles. The van der Waals surface area contributed by atoms with Crippen LogP contribution in [-0.4, -0.2) is 29.0 Å². The van der Waals surface area contributed by atoms with Gasteiger partial charge in [0.1, 0.15) is 0 Å². The summed E-state index contributed by atoms with van der Waals surface area (Å²) in [5.41, 5.74) is 6.18. The van der Waals surface area contributed by atoms with Crippen molar-refractivity contribution in [2.24, 2.45) is 5.92 Å². The molecule has 1 heterocycles. The number of hydrogen-bond donors (Lipinski definition) is 2. The fraction of sp³-hybridized carbons (Fsp3) is 0.500. The zero-order chi connectivity index (χ0) is 13.1. The van der Waals surface area contributed by atoms with Gasteiger partial charge in [0, 0.05) is 13.1 Å². The first-order chi connectivity index (χ1) is 8.63. The van der Waals surface area contributed by atoms with Crippen molar-refractivity contribution in [3.63, 3.8) is 0 Å². The molecule has 0 saturated carbocycles. The van der Waals surface area contributed by atoms with Gasteiger partial charge in [0.05, 0.1) is 11.3 Å². The highest BCUT2D eigenvalue weighted by Crippen LogP contribution is 2.28. The summed E-state index contributed by atoms with van der Waals surface area (Å²) in [4.78, 5) is 14.1. The van der Waals surface area contributed by atoms with E-state index >= 15 is 0 Å². The normalized spacial score (nSPS) is 19.2. The molecule has 0 spiro atoms. The first-order valence-electron chi connectivity index (χ1n) is 6.50. The van der Waals surface area contributed by atoms with Gasteiger partial charge in [0.25, 0.3) is 5.91 Å². The Morgan fingerprint density at radius 2 is 2.33 bits per heavy atom. The van der Waals surface area contributed by atoms with Crippen molar-refractivity contribution >= 4 is 11.6 Å². The number of phenols is 1. The van der Waals surface area contributed by atoms with E-state index in [1.54, 1.807) is 18.2 Å². The average Bonchev–Trinajstić information content (AvgIpc) is 2.81. The second-order valence-electron chi connectivity index (χ2n) is 4.94. The van der Waals surface area contributed by atoms with Crippen LogP contribution in [0.1, 0.15) is 36.5 Å². The molecule has 1 atom stereocenters. The first-order valence-corrected chi connectivity index (χ1v) is 6.50. The van der Waals surface area contributed by atoms with Gasteiger partial charge < -0.3 is 15.7 Å². The molecule has 1 unspecified atom stereocenters. The van der Waals surface area contributed by atoms with Crippen molar-refractivity contribution in [1.29, 1.82) is 0 Å². The Bertz CT molecular complexity index is 445. The Morgan fingerprint density at radius 3 is 3.06 bits per heavy atom. The summed E-state index contributed by atoms with van der Waals surface area (Å²) in [7, 11) is 0. The highest BCUT2D eigenvalue weighted by atomic mass is 16.3. The van der Waals surface area contributed by atoms with Gasteiger partial charge in [-0.1, -0.05) is 19.4 Å². The van der Waals surface area contributed by atoms with Crippen LogP contribution in [0.4, 0.5) is 5.69 Å². The zero-order valence-electron chi connectivity index (χ0n) is 10.7.